The first-order chi connectivity index (χ1) is 7.31. The van der Waals surface area contributed by atoms with Crippen LogP contribution >= 0.6 is 0 Å². The molecule has 0 aromatic heterocycles. The quantitative estimate of drug-likeness (QED) is 0.807. The Hall–Kier alpha value is -1.09. The van der Waals surface area contributed by atoms with Gasteiger partial charge in [0.1, 0.15) is 0 Å². The van der Waals surface area contributed by atoms with Crippen molar-refractivity contribution in [3.05, 3.63) is 29.6 Å². The average molecular weight is 209 g/mol. The Kier molecular flexibility index (Phi) is 3.21. The van der Waals surface area contributed by atoms with Crippen molar-refractivity contribution in [2.45, 2.75) is 18.8 Å². The number of halogens is 1. The molecule has 1 atom stereocenters. The van der Waals surface area contributed by atoms with Crippen LogP contribution in [0.5, 0.6) is 5.75 Å². The lowest BCUT2D eigenvalue weighted by Crippen LogP contribution is -2.28. The molecule has 1 aliphatic rings. The second-order valence-electron chi connectivity index (χ2n) is 3.94. The molecule has 82 valence electrons. The van der Waals surface area contributed by atoms with Crippen LogP contribution in [0.4, 0.5) is 4.39 Å². The van der Waals surface area contributed by atoms with E-state index in [4.69, 9.17) is 4.74 Å². The van der Waals surface area contributed by atoms with Gasteiger partial charge in [-0.1, -0.05) is 6.07 Å². The summed E-state index contributed by atoms with van der Waals surface area (Å²) in [6.45, 7) is 2.07. The Bertz CT molecular complexity index is 334. The monoisotopic (exact) mass is 209 g/mol. The number of nitrogens with one attached hydrogen (secondary N) is 1. The van der Waals surface area contributed by atoms with Gasteiger partial charge in [-0.2, -0.15) is 0 Å². The fourth-order valence-electron chi connectivity index (χ4n) is 2.07. The van der Waals surface area contributed by atoms with Crippen LogP contribution in [-0.4, -0.2) is 20.2 Å². The Balaban J connectivity index is 2.20. The molecule has 1 aromatic carbocycles. The van der Waals surface area contributed by atoms with Gasteiger partial charge in [-0.25, -0.2) is 4.39 Å². The molecule has 0 aliphatic carbocycles. The molecule has 1 aromatic rings. The lowest BCUT2D eigenvalue weighted by Gasteiger charge is -2.23. The van der Waals surface area contributed by atoms with Crippen molar-refractivity contribution in [2.24, 2.45) is 0 Å². The third-order valence-electron chi connectivity index (χ3n) is 2.94. The van der Waals surface area contributed by atoms with Crippen LogP contribution in [-0.2, 0) is 0 Å². The lowest BCUT2D eigenvalue weighted by molar-refractivity contribution is 0.384. The molecular formula is C12H16FNO. The van der Waals surface area contributed by atoms with Gasteiger partial charge in [0.05, 0.1) is 7.11 Å². The van der Waals surface area contributed by atoms with Crippen LogP contribution in [0, 0.1) is 5.82 Å². The fraction of sp³-hybridized carbons (Fsp3) is 0.500. The van der Waals surface area contributed by atoms with Crippen LogP contribution < -0.4 is 10.1 Å². The van der Waals surface area contributed by atoms with Gasteiger partial charge in [0, 0.05) is 6.54 Å². The van der Waals surface area contributed by atoms with Crippen LogP contribution in [0.1, 0.15) is 24.3 Å². The predicted octanol–water partition coefficient (Wildman–Crippen LogP) is 2.30. The second kappa shape index (κ2) is 4.62. The molecule has 15 heavy (non-hydrogen) atoms. The Labute approximate surface area is 89.4 Å². The molecule has 0 amide bonds. The molecule has 1 N–H and O–H groups in total. The molecule has 1 saturated heterocycles. The highest BCUT2D eigenvalue weighted by molar-refractivity contribution is 5.32. The molecule has 2 rings (SSSR count). The number of hydrogen-bond donors (Lipinski definition) is 1. The predicted molar refractivity (Wildman–Crippen MR) is 57.8 cm³/mol. The van der Waals surface area contributed by atoms with Crippen LogP contribution in [0.3, 0.4) is 0 Å². The number of methoxy groups -OCH3 is 1. The van der Waals surface area contributed by atoms with Gasteiger partial charge in [0.15, 0.2) is 11.6 Å². The largest absolute Gasteiger partial charge is 0.494 e. The van der Waals surface area contributed by atoms with Crippen molar-refractivity contribution in [1.29, 1.82) is 0 Å². The number of benzene rings is 1. The topological polar surface area (TPSA) is 21.3 Å². The minimum atomic E-state index is -0.287. The lowest BCUT2D eigenvalue weighted by atomic mass is 9.91. The summed E-state index contributed by atoms with van der Waals surface area (Å²) >= 11 is 0. The van der Waals surface area contributed by atoms with E-state index in [1.807, 2.05) is 12.1 Å². The molecule has 0 bridgehead atoms. The van der Waals surface area contributed by atoms with E-state index in [-0.39, 0.29) is 5.82 Å². The first-order valence-electron chi connectivity index (χ1n) is 5.35. The summed E-state index contributed by atoms with van der Waals surface area (Å²) in [7, 11) is 1.50. The molecule has 1 heterocycles. The van der Waals surface area contributed by atoms with E-state index >= 15 is 0 Å². The van der Waals surface area contributed by atoms with E-state index < -0.39 is 0 Å². The highest BCUT2D eigenvalue weighted by Gasteiger charge is 2.16. The van der Waals surface area contributed by atoms with Gasteiger partial charge in [-0.05, 0) is 43.0 Å². The molecule has 0 radical (unpaired) electrons. The maximum Gasteiger partial charge on any atom is 0.165 e. The van der Waals surface area contributed by atoms with Gasteiger partial charge in [0.25, 0.3) is 0 Å². The highest BCUT2D eigenvalue weighted by atomic mass is 19.1. The van der Waals surface area contributed by atoms with Gasteiger partial charge >= 0.3 is 0 Å². The second-order valence-corrected chi connectivity index (χ2v) is 3.94. The summed E-state index contributed by atoms with van der Waals surface area (Å²) in [4.78, 5) is 0. The van der Waals surface area contributed by atoms with Crippen molar-refractivity contribution in [1.82, 2.24) is 5.32 Å². The Morgan fingerprint density at radius 3 is 3.00 bits per heavy atom. The van der Waals surface area contributed by atoms with Crippen molar-refractivity contribution in [3.8, 4) is 5.75 Å². The smallest absolute Gasteiger partial charge is 0.165 e. The van der Waals surface area contributed by atoms with Crippen LogP contribution in [0.15, 0.2) is 18.2 Å². The number of rotatable bonds is 2. The highest BCUT2D eigenvalue weighted by Crippen LogP contribution is 2.27. The summed E-state index contributed by atoms with van der Waals surface area (Å²) in [5, 5.41) is 3.35. The molecular weight excluding hydrogens is 193 g/mol. The van der Waals surface area contributed by atoms with Gasteiger partial charge < -0.3 is 10.1 Å². The van der Waals surface area contributed by atoms with Crippen molar-refractivity contribution in [2.75, 3.05) is 20.2 Å². The normalized spacial score (nSPS) is 21.3. The molecule has 0 unspecified atom stereocenters. The zero-order chi connectivity index (χ0) is 10.7. The molecule has 1 aliphatic heterocycles. The molecule has 2 nitrogen and oxygen atoms in total. The maximum absolute atomic E-state index is 13.2. The minimum absolute atomic E-state index is 0.287. The summed E-state index contributed by atoms with van der Waals surface area (Å²) in [6.07, 6.45) is 2.35. The van der Waals surface area contributed by atoms with Crippen LogP contribution in [0.25, 0.3) is 0 Å². The number of hydrogen-bond acceptors (Lipinski definition) is 2. The van der Waals surface area contributed by atoms with Crippen molar-refractivity contribution in [3.63, 3.8) is 0 Å². The molecule has 0 spiro atoms. The average Bonchev–Trinajstić information content (AvgIpc) is 2.31. The molecule has 0 saturated carbocycles. The molecule has 1 fully saturated rings. The third-order valence-corrected chi connectivity index (χ3v) is 2.94. The zero-order valence-corrected chi connectivity index (χ0v) is 8.92. The Morgan fingerprint density at radius 2 is 2.33 bits per heavy atom. The number of piperidine rings is 1. The minimum Gasteiger partial charge on any atom is -0.494 e. The first kappa shape index (κ1) is 10.4. The summed E-state index contributed by atoms with van der Waals surface area (Å²) in [5.74, 6) is 0.552. The van der Waals surface area contributed by atoms with Crippen molar-refractivity contribution >= 4 is 0 Å². The van der Waals surface area contributed by atoms with Crippen molar-refractivity contribution < 1.29 is 9.13 Å². The summed E-state index contributed by atoms with van der Waals surface area (Å²) in [6, 6.07) is 5.16. The van der Waals surface area contributed by atoms with E-state index in [1.54, 1.807) is 0 Å². The number of ether oxygens (including phenoxy) is 1. The van der Waals surface area contributed by atoms with Crippen LogP contribution in [0.2, 0.25) is 0 Å². The van der Waals surface area contributed by atoms with E-state index in [1.165, 1.54) is 31.6 Å². The Morgan fingerprint density at radius 1 is 1.47 bits per heavy atom. The SMILES string of the molecule is COc1cc([C@@H]2CCCNC2)ccc1F. The zero-order valence-electron chi connectivity index (χ0n) is 8.92. The van der Waals surface area contributed by atoms with Gasteiger partial charge in [0.2, 0.25) is 0 Å². The summed E-state index contributed by atoms with van der Waals surface area (Å²) in [5.41, 5.74) is 1.17. The van der Waals surface area contributed by atoms with Gasteiger partial charge in [-0.3, -0.25) is 0 Å². The molecule has 3 heteroatoms. The van der Waals surface area contributed by atoms with E-state index in [9.17, 15) is 4.39 Å². The van der Waals surface area contributed by atoms with E-state index in [0.29, 0.717) is 11.7 Å². The third kappa shape index (κ3) is 2.29. The standard InChI is InChI=1S/C12H16FNO/c1-15-12-7-9(4-5-11(12)13)10-3-2-6-14-8-10/h4-5,7,10,14H,2-3,6,8H2,1H3/t10-/m1/s1. The van der Waals surface area contributed by atoms with E-state index in [2.05, 4.69) is 5.32 Å². The van der Waals surface area contributed by atoms with E-state index in [0.717, 1.165) is 13.1 Å². The summed E-state index contributed by atoms with van der Waals surface area (Å²) < 4.78 is 18.2. The fourth-order valence-corrected chi connectivity index (χ4v) is 2.07. The van der Waals surface area contributed by atoms with Gasteiger partial charge in [-0.15, -0.1) is 0 Å². The maximum atomic E-state index is 13.2. The first-order valence-corrected chi connectivity index (χ1v) is 5.35.